The van der Waals surface area contributed by atoms with Crippen molar-refractivity contribution in [3.63, 3.8) is 0 Å². The number of hydrogen-bond donors (Lipinski definition) is 7. The van der Waals surface area contributed by atoms with E-state index in [-0.39, 0.29) is 136 Å². The van der Waals surface area contributed by atoms with E-state index in [1.54, 1.807) is 7.98 Å². The van der Waals surface area contributed by atoms with Gasteiger partial charge >= 0.3 is 23.9 Å². The first-order valence-corrected chi connectivity index (χ1v) is 15.0. The van der Waals surface area contributed by atoms with E-state index in [1.807, 2.05) is 0 Å². The van der Waals surface area contributed by atoms with E-state index in [4.69, 9.17) is 48.8 Å². The highest BCUT2D eigenvalue weighted by atomic mass is 16.5. The minimum Gasteiger partial charge on any atom is -0.481 e. The highest BCUT2D eigenvalue weighted by molar-refractivity contribution is 6.04. The van der Waals surface area contributed by atoms with Gasteiger partial charge in [0.1, 0.15) is 0 Å². The van der Waals surface area contributed by atoms with Crippen molar-refractivity contribution in [2.75, 3.05) is 79.3 Å². The summed E-state index contributed by atoms with van der Waals surface area (Å²) in [5.41, 5.74) is 0. The van der Waals surface area contributed by atoms with Crippen LogP contribution in [0.1, 0.15) is 38.5 Å². The number of carboxylic acid groups (broad SMARTS) is 4. The Morgan fingerprint density at radius 3 is 0.894 bits per heavy atom. The van der Waals surface area contributed by atoms with Gasteiger partial charge in [0.05, 0.1) is 117 Å². The number of rotatable bonds is 33. The molecule has 0 saturated carbocycles. The molecule has 0 fully saturated rings. The fraction of sp³-hybridized carbons (Fsp3) is 0.778. The predicted molar refractivity (Wildman–Crippen MR) is 162 cm³/mol. The molecule has 0 heterocycles. The Hall–Kier alpha value is -3.40. The second-order valence-corrected chi connectivity index (χ2v) is 10.0. The average Bonchev–Trinajstić information content (AvgIpc) is 3.00. The molecule has 0 atom stereocenters. The number of carbonyl (C=O) groups excluding carboxylic acids is 2. The van der Waals surface area contributed by atoms with Crippen molar-refractivity contribution in [2.45, 2.75) is 56.7 Å². The van der Waals surface area contributed by atoms with Crippen LogP contribution in [0, 0.1) is 0 Å². The lowest BCUT2D eigenvalue weighted by Crippen LogP contribution is -2.42. The number of ether oxygens (including phenoxy) is 6. The van der Waals surface area contributed by atoms with Gasteiger partial charge in [-0.3, -0.25) is 28.8 Å². The first-order valence-electron chi connectivity index (χ1n) is 15.0. The minimum absolute atomic E-state index is 0.000571. The molecule has 2 amide bonds. The molecule has 19 nitrogen and oxygen atoms in total. The van der Waals surface area contributed by atoms with Gasteiger partial charge in [-0.1, -0.05) is 0 Å². The molecule has 0 aromatic carbocycles. The molecule has 0 aliphatic heterocycles. The first kappa shape index (κ1) is 43.6. The number of aliphatic carboxylic acids is 4. The van der Waals surface area contributed by atoms with Crippen LogP contribution in [0.5, 0.6) is 0 Å². The molecule has 20 heteroatoms. The Morgan fingerprint density at radius 1 is 0.426 bits per heavy atom. The third kappa shape index (κ3) is 29.7. The summed E-state index contributed by atoms with van der Waals surface area (Å²) in [4.78, 5) is 67.3. The van der Waals surface area contributed by atoms with Gasteiger partial charge in [0.25, 0.3) is 0 Å². The van der Waals surface area contributed by atoms with Crippen molar-refractivity contribution in [3.05, 3.63) is 0 Å². The summed E-state index contributed by atoms with van der Waals surface area (Å²) in [7, 11) is 1.69. The van der Waals surface area contributed by atoms with Gasteiger partial charge in [-0.2, -0.15) is 0 Å². The summed E-state index contributed by atoms with van der Waals surface area (Å²) in [6, 6.07) is -1.49. The summed E-state index contributed by atoms with van der Waals surface area (Å²) in [5.74, 6) is -4.87. The molecule has 0 aromatic rings. The van der Waals surface area contributed by atoms with Crippen molar-refractivity contribution in [1.29, 1.82) is 0 Å². The lowest BCUT2D eigenvalue weighted by atomic mass is 10.2. The number of amides is 2. The van der Waals surface area contributed by atoms with Gasteiger partial charge in [-0.05, 0) is 0 Å². The zero-order valence-electron chi connectivity index (χ0n) is 26.6. The van der Waals surface area contributed by atoms with Crippen LogP contribution < -0.4 is 15.9 Å². The highest BCUT2D eigenvalue weighted by Crippen LogP contribution is 1.98. The zero-order chi connectivity index (χ0) is 35.3. The standard InChI is InChI=1S/C27H48BN3O16/c28-31-21(17-42-7-1-22(32)29-19(13-44-9-3-24(34)35)14-45-10-4-25(36)37)18-43-8-2-23(33)30-20(15-46-11-5-26(38)39)16-47-12-6-27(40)41/h19-21,31H,1-18,28H2,(H,29,32)(H,30,33)(H,34,35)(H,36,37)(H,38,39)(H,40,41). The summed E-state index contributed by atoms with van der Waals surface area (Å²) in [6.07, 6.45) is -0.841. The molecule has 0 aromatic heterocycles. The molecule has 0 radical (unpaired) electrons. The maximum atomic E-state index is 12.4. The third-order valence-electron chi connectivity index (χ3n) is 5.84. The highest BCUT2D eigenvalue weighted by Gasteiger charge is 2.16. The molecule has 270 valence electrons. The first-order chi connectivity index (χ1) is 22.4. The quantitative estimate of drug-likeness (QED) is 0.0273. The molecular weight excluding hydrogens is 633 g/mol. The molecule has 0 bridgehead atoms. The second kappa shape index (κ2) is 28.8. The van der Waals surface area contributed by atoms with E-state index in [1.165, 1.54) is 0 Å². The Labute approximate surface area is 273 Å². The normalized spacial score (nSPS) is 11.2. The van der Waals surface area contributed by atoms with Crippen LogP contribution in [0.25, 0.3) is 0 Å². The lowest BCUT2D eigenvalue weighted by Gasteiger charge is -2.20. The van der Waals surface area contributed by atoms with Crippen LogP contribution in [0.3, 0.4) is 0 Å². The lowest BCUT2D eigenvalue weighted by molar-refractivity contribution is -0.139. The topological polar surface area (TPSA) is 275 Å². The number of nitrogens with one attached hydrogen (secondary N) is 3. The molecule has 0 saturated heterocycles. The summed E-state index contributed by atoms with van der Waals surface area (Å²) >= 11 is 0. The SMILES string of the molecule is BNC(COCCC(=O)NC(COCCC(=O)O)COCCC(=O)O)COCCC(=O)NC(COCCC(=O)O)COCCC(=O)O. The van der Waals surface area contributed by atoms with Crippen LogP contribution in [-0.4, -0.2) is 162 Å². The van der Waals surface area contributed by atoms with Crippen molar-refractivity contribution < 1.29 is 77.6 Å². The van der Waals surface area contributed by atoms with Crippen molar-refractivity contribution >= 4 is 43.7 Å². The van der Waals surface area contributed by atoms with Crippen LogP contribution >= 0.6 is 0 Å². The van der Waals surface area contributed by atoms with Gasteiger partial charge in [-0.15, -0.1) is 0 Å². The molecule has 7 N–H and O–H groups in total. The molecule has 0 spiro atoms. The van der Waals surface area contributed by atoms with Gasteiger partial charge < -0.3 is 64.7 Å². The Bertz CT molecular complexity index is 814. The number of hydrogen-bond acceptors (Lipinski definition) is 13. The van der Waals surface area contributed by atoms with Crippen LogP contribution in [-0.2, 0) is 57.2 Å². The van der Waals surface area contributed by atoms with E-state index >= 15 is 0 Å². The fourth-order valence-corrected chi connectivity index (χ4v) is 3.40. The van der Waals surface area contributed by atoms with Gasteiger partial charge in [0.2, 0.25) is 11.8 Å². The minimum atomic E-state index is -1.03. The van der Waals surface area contributed by atoms with E-state index in [9.17, 15) is 28.8 Å². The van der Waals surface area contributed by atoms with E-state index in [0.717, 1.165) is 0 Å². The molecular formula is C27H48BN3O16. The predicted octanol–water partition coefficient (Wildman–Crippen LogP) is -2.76. The molecule has 0 rings (SSSR count). The van der Waals surface area contributed by atoms with Gasteiger partial charge in [-0.25, -0.2) is 0 Å². The maximum Gasteiger partial charge on any atom is 0.305 e. The van der Waals surface area contributed by atoms with E-state index in [0.29, 0.717) is 0 Å². The monoisotopic (exact) mass is 681 g/mol. The summed E-state index contributed by atoms with van der Waals surface area (Å²) < 4.78 is 32.2. The fourth-order valence-electron chi connectivity index (χ4n) is 3.40. The number of carbonyl (C=O) groups is 6. The summed E-state index contributed by atoms with van der Waals surface area (Å²) in [6.45, 7) is 0.203. The number of carboxylic acids is 4. The Morgan fingerprint density at radius 2 is 0.660 bits per heavy atom. The smallest absolute Gasteiger partial charge is 0.305 e. The molecule has 0 aliphatic carbocycles. The zero-order valence-corrected chi connectivity index (χ0v) is 26.6. The summed E-state index contributed by atoms with van der Waals surface area (Å²) in [5, 5.41) is 43.3. The van der Waals surface area contributed by atoms with Gasteiger partial charge in [0.15, 0.2) is 7.98 Å². The largest absolute Gasteiger partial charge is 0.481 e. The Balaban J connectivity index is 4.41. The van der Waals surface area contributed by atoms with Crippen molar-refractivity contribution in [2.24, 2.45) is 0 Å². The molecule has 0 aliphatic rings. The average molecular weight is 681 g/mol. The van der Waals surface area contributed by atoms with Crippen LogP contribution in [0.15, 0.2) is 0 Å². The van der Waals surface area contributed by atoms with Gasteiger partial charge in [0, 0.05) is 18.9 Å². The van der Waals surface area contributed by atoms with Crippen LogP contribution in [0.4, 0.5) is 0 Å². The maximum absolute atomic E-state index is 12.4. The van der Waals surface area contributed by atoms with E-state index in [2.05, 4.69) is 15.9 Å². The molecule has 47 heavy (non-hydrogen) atoms. The third-order valence-corrected chi connectivity index (χ3v) is 5.84. The van der Waals surface area contributed by atoms with Crippen molar-refractivity contribution in [3.8, 4) is 0 Å². The second-order valence-electron chi connectivity index (χ2n) is 10.0. The van der Waals surface area contributed by atoms with Crippen molar-refractivity contribution in [1.82, 2.24) is 15.9 Å². The Kier molecular flexibility index (Phi) is 26.7. The van der Waals surface area contributed by atoms with E-state index < -0.39 is 36.0 Å². The van der Waals surface area contributed by atoms with Crippen LogP contribution in [0.2, 0.25) is 0 Å². The molecule has 0 unspecified atom stereocenters.